The van der Waals surface area contributed by atoms with Gasteiger partial charge in [0.2, 0.25) is 0 Å². The molecule has 0 amide bonds. The second-order valence-corrected chi connectivity index (χ2v) is 7.83. The molecule has 1 aliphatic carbocycles. The summed E-state index contributed by atoms with van der Waals surface area (Å²) in [6.07, 6.45) is 8.72. The first-order valence-electron chi connectivity index (χ1n) is 9.79. The van der Waals surface area contributed by atoms with Crippen LogP contribution in [0, 0.1) is 11.6 Å². The topological polar surface area (TPSA) is 21.7 Å². The molecule has 3 rings (SSSR count). The van der Waals surface area contributed by atoms with Gasteiger partial charge >= 0.3 is 0 Å². The molecule has 1 fully saturated rings. The summed E-state index contributed by atoms with van der Waals surface area (Å²) >= 11 is 0. The van der Waals surface area contributed by atoms with Gasteiger partial charge < -0.3 is 14.4 Å². The third-order valence-electron chi connectivity index (χ3n) is 5.88. The summed E-state index contributed by atoms with van der Waals surface area (Å²) in [6, 6.07) is 3.45. The Bertz CT molecular complexity index is 807. The molecule has 0 saturated carbocycles. The van der Waals surface area contributed by atoms with Crippen LogP contribution in [0.1, 0.15) is 40.0 Å². The average Bonchev–Trinajstić information content (AvgIpc) is 2.69. The maximum absolute atomic E-state index is 13.8. The zero-order valence-corrected chi connectivity index (χ0v) is 17.1. The van der Waals surface area contributed by atoms with Crippen LogP contribution < -0.4 is 4.74 Å². The molecule has 0 N–H and O–H groups in total. The second-order valence-electron chi connectivity index (χ2n) is 7.83. The lowest BCUT2D eigenvalue weighted by molar-refractivity contribution is 0.0484. The van der Waals surface area contributed by atoms with Gasteiger partial charge in [0, 0.05) is 51.2 Å². The van der Waals surface area contributed by atoms with Crippen LogP contribution in [0.5, 0.6) is 5.75 Å². The predicted octanol–water partition coefficient (Wildman–Crippen LogP) is 5.39. The fraction of sp³-hybridized carbons (Fsp3) is 0.478. The van der Waals surface area contributed by atoms with Crippen LogP contribution in [0.15, 0.2) is 53.3 Å². The van der Waals surface area contributed by atoms with Gasteiger partial charge in [-0.15, -0.1) is 0 Å². The van der Waals surface area contributed by atoms with Crippen molar-refractivity contribution in [3.05, 3.63) is 64.9 Å². The van der Waals surface area contributed by atoms with Crippen molar-refractivity contribution in [2.24, 2.45) is 0 Å². The number of piperidine rings is 1. The molecule has 152 valence electrons. The molecule has 1 aromatic carbocycles. The van der Waals surface area contributed by atoms with E-state index in [0.29, 0.717) is 0 Å². The SMILES string of the molecule is COC1(C)C=CC=C(/C(C)=C(/C)N2CCC(Oc3ccc(F)cc3F)CC2)C1. The first-order valence-corrected chi connectivity index (χ1v) is 9.79. The molecule has 1 heterocycles. The Morgan fingerprint density at radius 2 is 1.89 bits per heavy atom. The summed E-state index contributed by atoms with van der Waals surface area (Å²) in [5, 5.41) is 0. The van der Waals surface area contributed by atoms with Crippen molar-refractivity contribution in [3.63, 3.8) is 0 Å². The summed E-state index contributed by atoms with van der Waals surface area (Å²) in [7, 11) is 1.74. The molecule has 3 nitrogen and oxygen atoms in total. The van der Waals surface area contributed by atoms with Crippen molar-refractivity contribution in [1.29, 1.82) is 0 Å². The Morgan fingerprint density at radius 3 is 2.54 bits per heavy atom. The summed E-state index contributed by atoms with van der Waals surface area (Å²) in [6.45, 7) is 8.10. The number of halogens is 2. The van der Waals surface area contributed by atoms with Crippen LogP contribution in [0.2, 0.25) is 0 Å². The molecule has 1 aromatic rings. The van der Waals surface area contributed by atoms with E-state index in [0.717, 1.165) is 38.4 Å². The Balaban J connectivity index is 1.61. The van der Waals surface area contributed by atoms with E-state index >= 15 is 0 Å². The zero-order chi connectivity index (χ0) is 20.3. The Kier molecular flexibility index (Phi) is 6.23. The van der Waals surface area contributed by atoms with Crippen LogP contribution in [-0.4, -0.2) is 36.8 Å². The molecule has 5 heteroatoms. The van der Waals surface area contributed by atoms with E-state index in [1.165, 1.54) is 29.0 Å². The third kappa shape index (κ3) is 4.64. The van der Waals surface area contributed by atoms with Crippen molar-refractivity contribution >= 4 is 0 Å². The van der Waals surface area contributed by atoms with Crippen LogP contribution in [0.4, 0.5) is 8.78 Å². The molecule has 1 saturated heterocycles. The van der Waals surface area contributed by atoms with Gasteiger partial charge in [0.05, 0.1) is 5.60 Å². The minimum atomic E-state index is -0.646. The number of benzene rings is 1. The van der Waals surface area contributed by atoms with E-state index in [9.17, 15) is 8.78 Å². The first kappa shape index (κ1) is 20.6. The molecule has 1 unspecified atom stereocenters. The maximum Gasteiger partial charge on any atom is 0.167 e. The smallest absolute Gasteiger partial charge is 0.167 e. The maximum atomic E-state index is 13.8. The lowest BCUT2D eigenvalue weighted by atomic mass is 9.87. The van der Waals surface area contributed by atoms with E-state index in [4.69, 9.17) is 9.47 Å². The lowest BCUT2D eigenvalue weighted by Gasteiger charge is -2.36. The number of ether oxygens (including phenoxy) is 2. The molecule has 28 heavy (non-hydrogen) atoms. The highest BCUT2D eigenvalue weighted by Gasteiger charge is 2.27. The highest BCUT2D eigenvalue weighted by Crippen LogP contribution is 2.32. The standard InChI is InChI=1S/C23H29F2NO2/c1-16(18-6-5-11-23(3,15-18)27-4)17(2)26-12-9-20(10-13-26)28-22-8-7-19(24)14-21(22)25/h5-8,11,14,20H,9-10,12-13,15H2,1-4H3/b17-16-. The minimum Gasteiger partial charge on any atom is -0.487 e. The van der Waals surface area contributed by atoms with Crippen LogP contribution in [0.3, 0.4) is 0 Å². The quantitative estimate of drug-likeness (QED) is 0.674. The average molecular weight is 389 g/mol. The van der Waals surface area contributed by atoms with Gasteiger partial charge in [-0.3, -0.25) is 0 Å². The van der Waals surface area contributed by atoms with Crippen LogP contribution in [-0.2, 0) is 4.74 Å². The van der Waals surface area contributed by atoms with Crippen LogP contribution >= 0.6 is 0 Å². The second kappa shape index (κ2) is 8.48. The number of hydrogen-bond donors (Lipinski definition) is 0. The number of nitrogens with zero attached hydrogens (tertiary/aromatic N) is 1. The normalized spacial score (nSPS) is 24.1. The van der Waals surface area contributed by atoms with Crippen molar-refractivity contribution in [1.82, 2.24) is 4.90 Å². The number of allylic oxidation sites excluding steroid dienone is 4. The Hall–Kier alpha value is -2.14. The van der Waals surface area contributed by atoms with Crippen molar-refractivity contribution in [3.8, 4) is 5.75 Å². The molecule has 0 spiro atoms. The molecule has 0 bridgehead atoms. The molecule has 2 aliphatic rings. The van der Waals surface area contributed by atoms with E-state index in [2.05, 4.69) is 43.9 Å². The minimum absolute atomic E-state index is 0.0575. The van der Waals surface area contributed by atoms with Crippen LogP contribution in [0.25, 0.3) is 0 Å². The zero-order valence-electron chi connectivity index (χ0n) is 17.1. The van der Waals surface area contributed by atoms with Gasteiger partial charge in [0.25, 0.3) is 0 Å². The number of hydrogen-bond acceptors (Lipinski definition) is 3. The van der Waals surface area contributed by atoms with E-state index in [1.807, 2.05) is 0 Å². The highest BCUT2D eigenvalue weighted by molar-refractivity contribution is 5.40. The molecule has 1 aliphatic heterocycles. The molecule has 1 atom stereocenters. The summed E-state index contributed by atoms with van der Waals surface area (Å²) in [5.41, 5.74) is 3.56. The molecule has 0 radical (unpaired) electrons. The lowest BCUT2D eigenvalue weighted by Crippen LogP contribution is -2.38. The molecular weight excluding hydrogens is 360 g/mol. The fourth-order valence-corrected chi connectivity index (χ4v) is 3.79. The van der Waals surface area contributed by atoms with E-state index in [1.54, 1.807) is 7.11 Å². The number of rotatable bonds is 5. The van der Waals surface area contributed by atoms with Crippen molar-refractivity contribution in [2.75, 3.05) is 20.2 Å². The van der Waals surface area contributed by atoms with Gasteiger partial charge in [0.15, 0.2) is 11.6 Å². The monoisotopic (exact) mass is 389 g/mol. The van der Waals surface area contributed by atoms with E-state index < -0.39 is 11.6 Å². The van der Waals surface area contributed by atoms with Crippen molar-refractivity contribution < 1.29 is 18.3 Å². The highest BCUT2D eigenvalue weighted by atomic mass is 19.1. The van der Waals surface area contributed by atoms with E-state index in [-0.39, 0.29) is 17.5 Å². The molecule has 0 aromatic heterocycles. The fourth-order valence-electron chi connectivity index (χ4n) is 3.79. The van der Waals surface area contributed by atoms with Gasteiger partial charge in [-0.25, -0.2) is 8.78 Å². The summed E-state index contributed by atoms with van der Waals surface area (Å²) < 4.78 is 38.3. The largest absolute Gasteiger partial charge is 0.487 e. The Morgan fingerprint density at radius 1 is 1.18 bits per heavy atom. The predicted molar refractivity (Wildman–Crippen MR) is 107 cm³/mol. The van der Waals surface area contributed by atoms with Crippen molar-refractivity contribution in [2.45, 2.75) is 51.7 Å². The first-order chi connectivity index (χ1) is 13.3. The number of likely N-dealkylation sites (tertiary alicyclic amines) is 1. The van der Waals surface area contributed by atoms with Gasteiger partial charge in [-0.2, -0.15) is 0 Å². The Labute approximate surface area is 166 Å². The molecular formula is C23H29F2NO2. The summed E-state index contributed by atoms with van der Waals surface area (Å²) in [4.78, 5) is 2.36. The van der Waals surface area contributed by atoms with Gasteiger partial charge in [-0.1, -0.05) is 18.2 Å². The van der Waals surface area contributed by atoms with Gasteiger partial charge in [-0.05, 0) is 44.1 Å². The number of methoxy groups -OCH3 is 1. The van der Waals surface area contributed by atoms with Gasteiger partial charge in [0.1, 0.15) is 11.9 Å². The summed E-state index contributed by atoms with van der Waals surface area (Å²) in [5.74, 6) is -1.11. The third-order valence-corrected chi connectivity index (χ3v) is 5.88.